The van der Waals surface area contributed by atoms with Crippen molar-refractivity contribution in [2.45, 2.75) is 103 Å². The van der Waals surface area contributed by atoms with Crippen molar-refractivity contribution in [3.8, 4) is 0 Å². The number of allylic oxidation sites excluding steroid dienone is 1. The Kier molecular flexibility index (Phi) is 9.00. The Morgan fingerprint density at radius 3 is 2.05 bits per heavy atom. The summed E-state index contributed by atoms with van der Waals surface area (Å²) in [5.41, 5.74) is 4.27. The van der Waals surface area contributed by atoms with E-state index in [0.717, 1.165) is 16.8 Å². The molecule has 0 unspecified atom stereocenters. The number of carbonyl (C=O) groups excluding carboxylic acids is 3. The van der Waals surface area contributed by atoms with Crippen molar-refractivity contribution in [3.63, 3.8) is 0 Å². The molecule has 2 aliphatic heterocycles. The number of hydrogen-bond donors (Lipinski definition) is 0. The monoisotopic (exact) mass is 602 g/mol. The lowest BCUT2D eigenvalue weighted by atomic mass is 9.73. The quantitative estimate of drug-likeness (QED) is 0.227. The highest BCUT2D eigenvalue weighted by Crippen LogP contribution is 2.51. The first-order chi connectivity index (χ1) is 20.5. The van der Waals surface area contributed by atoms with Gasteiger partial charge in [0.25, 0.3) is 0 Å². The fourth-order valence-corrected chi connectivity index (χ4v) is 13.7. The van der Waals surface area contributed by atoms with Gasteiger partial charge in [-0.2, -0.15) is 0 Å². The molecular formula is C35H46N2O5Si. The second kappa shape index (κ2) is 12.4. The van der Waals surface area contributed by atoms with Crippen LogP contribution < -0.4 is 4.90 Å². The first kappa shape index (κ1) is 31.2. The number of rotatable bonds is 8. The molecule has 3 aliphatic rings. The van der Waals surface area contributed by atoms with Crippen LogP contribution in [0.15, 0.2) is 71.9 Å². The van der Waals surface area contributed by atoms with Gasteiger partial charge in [-0.1, -0.05) is 90.1 Å². The van der Waals surface area contributed by atoms with E-state index in [0.29, 0.717) is 41.6 Å². The molecule has 0 N–H and O–H groups in total. The molecule has 2 aromatic rings. The molecule has 0 radical (unpaired) electrons. The van der Waals surface area contributed by atoms with Crippen LogP contribution in [0.25, 0.3) is 0 Å². The minimum absolute atomic E-state index is 0.155. The molecule has 1 fully saturated rings. The summed E-state index contributed by atoms with van der Waals surface area (Å²) in [4.78, 5) is 44.8. The number of amides is 3. The van der Waals surface area contributed by atoms with Crippen LogP contribution in [0.2, 0.25) is 16.6 Å². The molecule has 0 saturated carbocycles. The fourth-order valence-electron chi connectivity index (χ4n) is 8.07. The molecule has 43 heavy (non-hydrogen) atoms. The number of carbonyl (C=O) groups is 3. The van der Waals surface area contributed by atoms with Crippen molar-refractivity contribution in [1.82, 2.24) is 4.90 Å². The number of benzene rings is 2. The van der Waals surface area contributed by atoms with Crippen molar-refractivity contribution in [3.05, 3.63) is 77.5 Å². The van der Waals surface area contributed by atoms with E-state index in [4.69, 9.17) is 9.16 Å². The zero-order chi connectivity index (χ0) is 31.1. The summed E-state index contributed by atoms with van der Waals surface area (Å²) < 4.78 is 13.2. The molecule has 0 bridgehead atoms. The van der Waals surface area contributed by atoms with Crippen molar-refractivity contribution in [1.29, 1.82) is 0 Å². The average molecular weight is 603 g/mol. The Bertz CT molecular complexity index is 1350. The highest BCUT2D eigenvalue weighted by atomic mass is 28.4. The second-order valence-electron chi connectivity index (χ2n) is 13.3. The van der Waals surface area contributed by atoms with Crippen LogP contribution in [0.5, 0.6) is 0 Å². The third-order valence-electron chi connectivity index (χ3n) is 10.0. The normalized spacial score (nSPS) is 24.2. The van der Waals surface area contributed by atoms with Gasteiger partial charge in [-0.05, 0) is 66.1 Å². The molecule has 2 aromatic carbocycles. The Morgan fingerprint density at radius 2 is 1.47 bits per heavy atom. The molecule has 2 heterocycles. The van der Waals surface area contributed by atoms with E-state index in [1.807, 2.05) is 55.5 Å². The summed E-state index contributed by atoms with van der Waals surface area (Å²) >= 11 is 0. The summed E-state index contributed by atoms with van der Waals surface area (Å²) in [6.07, 6.45) is 0.841. The predicted octanol–water partition coefficient (Wildman–Crippen LogP) is 7.83. The van der Waals surface area contributed by atoms with E-state index in [9.17, 15) is 14.4 Å². The van der Waals surface area contributed by atoms with Crippen molar-refractivity contribution in [2.24, 2.45) is 11.8 Å². The molecule has 7 nitrogen and oxygen atoms in total. The summed E-state index contributed by atoms with van der Waals surface area (Å²) in [5.74, 6) is -1.41. The van der Waals surface area contributed by atoms with Gasteiger partial charge in [-0.15, -0.1) is 0 Å². The highest BCUT2D eigenvalue weighted by Gasteiger charge is 2.56. The molecule has 4 atom stereocenters. The third kappa shape index (κ3) is 5.48. The van der Waals surface area contributed by atoms with Crippen LogP contribution in [0.4, 0.5) is 10.5 Å². The van der Waals surface area contributed by atoms with Gasteiger partial charge < -0.3 is 9.16 Å². The number of para-hydroxylation sites is 1. The van der Waals surface area contributed by atoms with Gasteiger partial charge in [-0.3, -0.25) is 14.5 Å². The van der Waals surface area contributed by atoms with Crippen molar-refractivity contribution in [2.75, 3.05) is 4.90 Å². The van der Waals surface area contributed by atoms with E-state index in [-0.39, 0.29) is 30.6 Å². The number of anilines is 1. The van der Waals surface area contributed by atoms with E-state index >= 15 is 0 Å². The Balaban J connectivity index is 1.55. The number of fused-ring (bicyclic) bond motifs is 2. The molecule has 0 spiro atoms. The molecule has 230 valence electrons. The molecule has 5 rings (SSSR count). The second-order valence-corrected chi connectivity index (χ2v) is 18.7. The summed E-state index contributed by atoms with van der Waals surface area (Å²) in [6, 6.07) is 18.5. The number of nitrogens with zero attached hydrogens (tertiary/aromatic N) is 2. The van der Waals surface area contributed by atoms with Gasteiger partial charge in [0.05, 0.1) is 29.7 Å². The number of ether oxygens (including phenoxy) is 1. The number of imide groups is 1. The third-order valence-corrected chi connectivity index (χ3v) is 16.1. The maximum Gasteiger partial charge on any atom is 0.414 e. The van der Waals surface area contributed by atoms with E-state index in [1.165, 1.54) is 4.90 Å². The first-order valence-corrected chi connectivity index (χ1v) is 18.0. The van der Waals surface area contributed by atoms with Gasteiger partial charge in [0, 0.05) is 5.70 Å². The van der Waals surface area contributed by atoms with E-state index in [1.54, 1.807) is 17.0 Å². The molecule has 1 aliphatic carbocycles. The van der Waals surface area contributed by atoms with Crippen molar-refractivity contribution < 1.29 is 23.5 Å². The van der Waals surface area contributed by atoms with Crippen molar-refractivity contribution >= 4 is 31.9 Å². The van der Waals surface area contributed by atoms with Crippen LogP contribution in [-0.4, -0.2) is 43.3 Å². The average Bonchev–Trinajstić information content (AvgIpc) is 3.24. The molecule has 8 heteroatoms. The van der Waals surface area contributed by atoms with E-state index in [2.05, 4.69) is 41.5 Å². The standard InChI is InChI=1S/C35H46N2O5Si/c1-22(2)43(23(3)4,24(5)6)42-31-20-29-30(36(25(31)7)35(40)41-21-26-14-10-8-11-15-26)19-18-28-32(29)34(39)37(33(28)38)27-16-12-9-13-17-27/h8-17,22-25,28,31-32H,18-21H2,1-7H3/t25-,28+,31+,32+/m0/s1. The van der Waals surface area contributed by atoms with Crippen LogP contribution in [0.1, 0.15) is 73.3 Å². The molecule has 0 aromatic heterocycles. The Hall–Kier alpha value is -3.23. The zero-order valence-electron chi connectivity index (χ0n) is 26.6. The van der Waals surface area contributed by atoms with Gasteiger partial charge in [0.1, 0.15) is 6.61 Å². The summed E-state index contributed by atoms with van der Waals surface area (Å²) in [6.45, 7) is 15.7. The maximum atomic E-state index is 14.1. The van der Waals surface area contributed by atoms with Crippen LogP contribution in [0.3, 0.4) is 0 Å². The van der Waals surface area contributed by atoms with Gasteiger partial charge in [-0.25, -0.2) is 9.69 Å². The molecule has 3 amide bonds. The molecule has 1 saturated heterocycles. The van der Waals surface area contributed by atoms with E-state index < -0.39 is 26.2 Å². The summed E-state index contributed by atoms with van der Waals surface area (Å²) in [5, 5.41) is 0. The minimum Gasteiger partial charge on any atom is -0.444 e. The topological polar surface area (TPSA) is 76.2 Å². The van der Waals surface area contributed by atoms with Gasteiger partial charge in [0.2, 0.25) is 20.1 Å². The fraction of sp³-hybridized carbons (Fsp3) is 0.514. The predicted molar refractivity (Wildman–Crippen MR) is 171 cm³/mol. The van der Waals surface area contributed by atoms with Crippen LogP contribution >= 0.6 is 0 Å². The number of hydrogen-bond acceptors (Lipinski definition) is 5. The Morgan fingerprint density at radius 1 is 0.884 bits per heavy atom. The SMILES string of the molecule is CC(C)[Si](O[C@@H]1CC2=C(CC[C@H]3C(=O)N(c4ccccc4)C(=O)[C@@H]23)N(C(=O)OCc2ccccc2)[C@H]1C)(C(C)C)C(C)C. The minimum atomic E-state index is -2.34. The Labute approximate surface area is 257 Å². The molecular weight excluding hydrogens is 556 g/mol. The largest absolute Gasteiger partial charge is 0.444 e. The lowest BCUT2D eigenvalue weighted by Crippen LogP contribution is -2.58. The van der Waals surface area contributed by atoms with Crippen LogP contribution in [-0.2, 0) is 25.4 Å². The van der Waals surface area contributed by atoms with Gasteiger partial charge >= 0.3 is 6.09 Å². The zero-order valence-corrected chi connectivity index (χ0v) is 27.6. The lowest BCUT2D eigenvalue weighted by molar-refractivity contribution is -0.122. The highest BCUT2D eigenvalue weighted by molar-refractivity contribution is 6.77. The summed E-state index contributed by atoms with van der Waals surface area (Å²) in [7, 11) is -2.34. The van der Waals surface area contributed by atoms with Crippen LogP contribution in [0, 0.1) is 11.8 Å². The lowest BCUT2D eigenvalue weighted by Gasteiger charge is -2.50. The smallest absolute Gasteiger partial charge is 0.414 e. The van der Waals surface area contributed by atoms with Gasteiger partial charge in [0.15, 0.2) is 0 Å². The maximum absolute atomic E-state index is 14.1. The first-order valence-electron chi connectivity index (χ1n) is 15.8.